The van der Waals surface area contributed by atoms with Gasteiger partial charge in [0.05, 0.1) is 5.60 Å². The Labute approximate surface area is 52.8 Å². The average molecular weight is 132 g/mol. The smallest absolute Gasteiger partial charge is 0.146 e. The maximum Gasteiger partial charge on any atom is 0.146 e. The van der Waals surface area contributed by atoms with E-state index in [0.29, 0.717) is 16.9 Å². The summed E-state index contributed by atoms with van der Waals surface area (Å²) in [4.78, 5) is 9.91. The van der Waals surface area contributed by atoms with Gasteiger partial charge in [-0.25, -0.2) is 0 Å². The molecule has 0 aliphatic rings. The summed E-state index contributed by atoms with van der Waals surface area (Å²) in [6, 6.07) is 0. The number of aldehydes is 1. The molecule has 0 amide bonds. The number of carbonyl (C=O) groups excluding carboxylic acids is 1. The number of rotatable bonds is 3. The molecule has 0 fully saturated rings. The molecule has 0 atom stereocenters. The highest BCUT2D eigenvalue weighted by atomic mass is 28.2. The molecule has 0 bridgehead atoms. The van der Waals surface area contributed by atoms with Crippen LogP contribution in [0.2, 0.25) is 0 Å². The Morgan fingerprint density at radius 1 is 1.75 bits per heavy atom. The lowest BCUT2D eigenvalue weighted by Gasteiger charge is -2.19. The van der Waals surface area contributed by atoms with E-state index >= 15 is 0 Å². The van der Waals surface area contributed by atoms with E-state index in [9.17, 15) is 4.79 Å². The molecular formula is C5H12O2Si. The fourth-order valence-corrected chi connectivity index (χ4v) is 0.451. The largest absolute Gasteiger partial charge is 0.423 e. The van der Waals surface area contributed by atoms with Crippen LogP contribution < -0.4 is 0 Å². The Balaban J connectivity index is 3.53. The van der Waals surface area contributed by atoms with Crippen molar-refractivity contribution in [1.82, 2.24) is 0 Å². The van der Waals surface area contributed by atoms with E-state index in [1.54, 1.807) is 0 Å². The lowest BCUT2D eigenvalue weighted by molar-refractivity contribution is -0.110. The lowest BCUT2D eigenvalue weighted by Crippen LogP contribution is -2.23. The molecule has 0 N–H and O–H groups in total. The molecule has 0 saturated carbocycles. The minimum Gasteiger partial charge on any atom is -0.423 e. The summed E-state index contributed by atoms with van der Waals surface area (Å²) in [5.41, 5.74) is -0.214. The van der Waals surface area contributed by atoms with Gasteiger partial charge in [0.15, 0.2) is 0 Å². The fourth-order valence-electron chi connectivity index (χ4n) is 0.284. The van der Waals surface area contributed by atoms with E-state index in [-0.39, 0.29) is 5.60 Å². The van der Waals surface area contributed by atoms with E-state index in [2.05, 4.69) is 0 Å². The van der Waals surface area contributed by atoms with Gasteiger partial charge in [0.2, 0.25) is 0 Å². The first kappa shape index (κ1) is 7.85. The summed E-state index contributed by atoms with van der Waals surface area (Å²) in [6.07, 6.45) is 1.38. The van der Waals surface area contributed by atoms with Crippen LogP contribution in [0.15, 0.2) is 0 Å². The van der Waals surface area contributed by atoms with Crippen molar-refractivity contribution in [3.63, 3.8) is 0 Å². The monoisotopic (exact) mass is 132 g/mol. The third kappa shape index (κ3) is 2.93. The Morgan fingerprint density at radius 3 is 2.38 bits per heavy atom. The SMILES string of the molecule is CC(C)(CC=O)O[SiH3]. The van der Waals surface area contributed by atoms with Gasteiger partial charge >= 0.3 is 0 Å². The number of carbonyl (C=O) groups is 1. The molecule has 0 unspecified atom stereocenters. The van der Waals surface area contributed by atoms with Crippen LogP contribution in [0.5, 0.6) is 0 Å². The van der Waals surface area contributed by atoms with Crippen molar-refractivity contribution >= 4 is 16.8 Å². The predicted octanol–water partition coefficient (Wildman–Crippen LogP) is -0.349. The van der Waals surface area contributed by atoms with E-state index in [4.69, 9.17) is 4.43 Å². The lowest BCUT2D eigenvalue weighted by atomic mass is 10.1. The standard InChI is InChI=1S/C5H12O2Si/c1-5(2,7-8)3-4-6/h4H,3H2,1-2,8H3. The van der Waals surface area contributed by atoms with Gasteiger partial charge in [-0.15, -0.1) is 0 Å². The van der Waals surface area contributed by atoms with Crippen LogP contribution >= 0.6 is 0 Å². The zero-order chi connectivity index (χ0) is 6.62. The molecule has 0 radical (unpaired) electrons. The maximum atomic E-state index is 9.91. The highest BCUT2D eigenvalue weighted by Crippen LogP contribution is 2.08. The highest BCUT2D eigenvalue weighted by molar-refractivity contribution is 5.98. The topological polar surface area (TPSA) is 26.3 Å². The summed E-state index contributed by atoms with van der Waals surface area (Å²) in [5.74, 6) is 0. The van der Waals surface area contributed by atoms with Crippen molar-refractivity contribution in [3.8, 4) is 0 Å². The van der Waals surface area contributed by atoms with Gasteiger partial charge in [-0.1, -0.05) is 0 Å². The van der Waals surface area contributed by atoms with Crippen molar-refractivity contribution in [2.45, 2.75) is 25.9 Å². The summed E-state index contributed by atoms with van der Waals surface area (Å²) >= 11 is 0. The van der Waals surface area contributed by atoms with Crippen molar-refractivity contribution < 1.29 is 9.22 Å². The molecule has 2 nitrogen and oxygen atoms in total. The minimum absolute atomic E-state index is 0.214. The quantitative estimate of drug-likeness (QED) is 0.387. The molecule has 0 aliphatic heterocycles. The highest BCUT2D eigenvalue weighted by Gasteiger charge is 2.13. The minimum atomic E-state index is -0.214. The molecule has 0 aromatic heterocycles. The van der Waals surface area contributed by atoms with Crippen LogP contribution in [0.25, 0.3) is 0 Å². The van der Waals surface area contributed by atoms with Crippen LogP contribution in [0, 0.1) is 0 Å². The first-order valence-electron chi connectivity index (χ1n) is 2.61. The van der Waals surface area contributed by atoms with Crippen LogP contribution in [0.3, 0.4) is 0 Å². The van der Waals surface area contributed by atoms with E-state index < -0.39 is 0 Å². The molecule has 0 spiro atoms. The average Bonchev–Trinajstić information content (AvgIpc) is 1.67. The second-order valence-corrected chi connectivity index (χ2v) is 2.74. The molecule has 0 aromatic carbocycles. The Morgan fingerprint density at radius 2 is 2.25 bits per heavy atom. The molecule has 48 valence electrons. The zero-order valence-electron chi connectivity index (χ0n) is 5.60. The fraction of sp³-hybridized carbons (Fsp3) is 0.800. The summed E-state index contributed by atoms with van der Waals surface area (Å²) in [6.45, 7) is 3.82. The number of hydrogen-bond donors (Lipinski definition) is 0. The predicted molar refractivity (Wildman–Crippen MR) is 35.8 cm³/mol. The maximum absolute atomic E-state index is 9.91. The first-order valence-corrected chi connectivity index (χ1v) is 3.43. The second-order valence-electron chi connectivity index (χ2n) is 2.33. The van der Waals surface area contributed by atoms with Gasteiger partial charge < -0.3 is 9.22 Å². The van der Waals surface area contributed by atoms with Gasteiger partial charge in [0.1, 0.15) is 16.8 Å². The molecule has 0 aliphatic carbocycles. The van der Waals surface area contributed by atoms with Gasteiger partial charge in [-0.2, -0.15) is 0 Å². The van der Waals surface area contributed by atoms with Gasteiger partial charge in [-0.3, -0.25) is 0 Å². The molecular weight excluding hydrogens is 120 g/mol. The van der Waals surface area contributed by atoms with E-state index in [1.807, 2.05) is 13.8 Å². The van der Waals surface area contributed by atoms with Crippen molar-refractivity contribution in [2.24, 2.45) is 0 Å². The van der Waals surface area contributed by atoms with Crippen LogP contribution in [-0.2, 0) is 9.22 Å². The summed E-state index contributed by atoms with van der Waals surface area (Å²) < 4.78 is 5.09. The Hall–Kier alpha value is -0.153. The normalized spacial score (nSPS) is 11.8. The Bertz CT molecular complexity index is 80.5. The molecule has 3 heteroatoms. The van der Waals surface area contributed by atoms with Crippen LogP contribution in [0.4, 0.5) is 0 Å². The zero-order valence-corrected chi connectivity index (χ0v) is 7.60. The molecule has 0 rings (SSSR count). The van der Waals surface area contributed by atoms with Gasteiger partial charge in [0.25, 0.3) is 0 Å². The van der Waals surface area contributed by atoms with Crippen molar-refractivity contribution in [2.75, 3.05) is 0 Å². The summed E-state index contributed by atoms with van der Waals surface area (Å²) in [7, 11) is 0.703. The van der Waals surface area contributed by atoms with Crippen LogP contribution in [0.1, 0.15) is 20.3 Å². The van der Waals surface area contributed by atoms with E-state index in [1.165, 1.54) is 0 Å². The van der Waals surface area contributed by atoms with Crippen LogP contribution in [-0.4, -0.2) is 22.4 Å². The Kier molecular flexibility index (Phi) is 2.93. The molecule has 0 saturated heterocycles. The molecule has 0 aromatic rings. The van der Waals surface area contributed by atoms with Crippen molar-refractivity contribution in [3.05, 3.63) is 0 Å². The third-order valence-corrected chi connectivity index (χ3v) is 2.23. The molecule has 8 heavy (non-hydrogen) atoms. The van der Waals surface area contributed by atoms with Gasteiger partial charge in [0, 0.05) is 6.42 Å². The van der Waals surface area contributed by atoms with Gasteiger partial charge in [-0.05, 0) is 13.8 Å². The third-order valence-electron chi connectivity index (χ3n) is 1.13. The molecule has 0 heterocycles. The van der Waals surface area contributed by atoms with E-state index in [0.717, 1.165) is 6.29 Å². The second kappa shape index (κ2) is 2.99. The van der Waals surface area contributed by atoms with Crippen molar-refractivity contribution in [1.29, 1.82) is 0 Å². The first-order chi connectivity index (χ1) is 3.62. The number of hydrogen-bond acceptors (Lipinski definition) is 2. The summed E-state index contributed by atoms with van der Waals surface area (Å²) in [5, 5.41) is 0.